The average molecular weight is 472 g/mol. The van der Waals surface area contributed by atoms with Gasteiger partial charge in [0.15, 0.2) is 0 Å². The minimum Gasteiger partial charge on any atom is -0.453 e. The topological polar surface area (TPSA) is 166 Å². The number of hydrogen-bond acceptors (Lipinski definition) is 6. The third-order valence-electron chi connectivity index (χ3n) is 5.08. The van der Waals surface area contributed by atoms with Gasteiger partial charge in [0.05, 0.1) is 19.5 Å². The number of pyridine rings is 1. The number of carbonyl (C=O) groups excluding carboxylic acids is 3. The van der Waals surface area contributed by atoms with Gasteiger partial charge in [-0.05, 0) is 30.3 Å². The predicted molar refractivity (Wildman–Crippen MR) is 123 cm³/mol. The Balaban J connectivity index is 1.68. The number of amides is 5. The van der Waals surface area contributed by atoms with E-state index >= 15 is 0 Å². The quantitative estimate of drug-likeness (QED) is 0.272. The predicted octanol–water partition coefficient (Wildman–Crippen LogP) is 1.22. The molecule has 0 spiro atoms. The van der Waals surface area contributed by atoms with Gasteiger partial charge < -0.3 is 31.3 Å². The molecule has 180 valence electrons. The van der Waals surface area contributed by atoms with Crippen molar-refractivity contribution in [3.8, 4) is 11.1 Å². The Kier molecular flexibility index (Phi) is 7.79. The monoisotopic (exact) mass is 472 g/mol. The fourth-order valence-electron chi connectivity index (χ4n) is 3.38. The second-order valence-electron chi connectivity index (χ2n) is 7.31. The zero-order valence-corrected chi connectivity index (χ0v) is 18.4. The van der Waals surface area contributed by atoms with Gasteiger partial charge >= 0.3 is 18.2 Å². The number of carbonyl (C=O) groups is 3. The molecule has 1 aliphatic heterocycles. The first kappa shape index (κ1) is 24.2. The Morgan fingerprint density at radius 2 is 2.18 bits per heavy atom. The number of benzene rings is 1. The maximum Gasteiger partial charge on any atom is 0.406 e. The molecule has 1 aromatic carbocycles. The van der Waals surface area contributed by atoms with Crippen LogP contribution in [-0.2, 0) is 4.74 Å². The fraction of sp³-hybridized carbons (Fsp3) is 0.286. The molecule has 13 heteroatoms. The molecule has 0 aliphatic carbocycles. The van der Waals surface area contributed by atoms with E-state index in [-0.39, 0.29) is 32.2 Å². The molecule has 34 heavy (non-hydrogen) atoms. The normalized spacial score (nSPS) is 14.8. The van der Waals surface area contributed by atoms with Gasteiger partial charge in [-0.15, -0.1) is 0 Å². The lowest BCUT2D eigenvalue weighted by molar-refractivity contribution is 0.170. The van der Waals surface area contributed by atoms with Crippen molar-refractivity contribution in [2.45, 2.75) is 6.04 Å². The van der Waals surface area contributed by atoms with E-state index in [4.69, 9.17) is 11.1 Å². The van der Waals surface area contributed by atoms with Crippen LogP contribution in [0.15, 0.2) is 36.5 Å². The largest absolute Gasteiger partial charge is 0.453 e. The van der Waals surface area contributed by atoms with E-state index in [9.17, 15) is 18.8 Å². The summed E-state index contributed by atoms with van der Waals surface area (Å²) in [7, 11) is 1.25. The van der Waals surface area contributed by atoms with Crippen LogP contribution in [0.4, 0.5) is 30.3 Å². The number of halogens is 1. The summed E-state index contributed by atoms with van der Waals surface area (Å²) < 4.78 is 19.4. The number of alkyl carbamates (subject to hydrolysis) is 1. The maximum atomic E-state index is 14.9. The molecule has 2 aromatic rings. The van der Waals surface area contributed by atoms with Crippen molar-refractivity contribution < 1.29 is 23.5 Å². The van der Waals surface area contributed by atoms with Crippen LogP contribution in [0.1, 0.15) is 0 Å². The van der Waals surface area contributed by atoms with Crippen LogP contribution >= 0.6 is 0 Å². The minimum absolute atomic E-state index is 0.179. The van der Waals surface area contributed by atoms with Gasteiger partial charge in [0, 0.05) is 49.2 Å². The Bertz CT molecular complexity index is 1070. The summed E-state index contributed by atoms with van der Waals surface area (Å²) in [5.41, 5.74) is 6.21. The second-order valence-corrected chi connectivity index (χ2v) is 7.31. The SMILES string of the molecule is COC(=O)NC[C@H]1CN(c2ccc(-c3ccc(N(C=N)CCNC(N)=O)nc3)c(F)c2)C(=O)N1. The average Bonchev–Trinajstić information content (AvgIpc) is 3.20. The summed E-state index contributed by atoms with van der Waals surface area (Å²) in [6, 6.07) is 6.33. The highest BCUT2D eigenvalue weighted by Gasteiger charge is 2.30. The van der Waals surface area contributed by atoms with E-state index in [1.807, 2.05) is 0 Å². The van der Waals surface area contributed by atoms with Gasteiger partial charge in [0.1, 0.15) is 11.6 Å². The molecule has 1 atom stereocenters. The number of anilines is 2. The van der Waals surface area contributed by atoms with Gasteiger partial charge in [0.25, 0.3) is 0 Å². The van der Waals surface area contributed by atoms with Gasteiger partial charge in [0.2, 0.25) is 0 Å². The molecular weight excluding hydrogens is 447 g/mol. The number of nitrogens with two attached hydrogens (primary N) is 1. The number of nitrogens with one attached hydrogen (secondary N) is 4. The van der Waals surface area contributed by atoms with E-state index in [0.29, 0.717) is 22.6 Å². The van der Waals surface area contributed by atoms with Crippen LogP contribution in [0.25, 0.3) is 11.1 Å². The number of primary amides is 1. The van der Waals surface area contributed by atoms with Crippen LogP contribution in [0.5, 0.6) is 0 Å². The van der Waals surface area contributed by atoms with Gasteiger partial charge in [-0.25, -0.2) is 23.8 Å². The lowest BCUT2D eigenvalue weighted by Crippen LogP contribution is -2.39. The molecule has 2 heterocycles. The third kappa shape index (κ3) is 5.88. The van der Waals surface area contributed by atoms with Crippen molar-refractivity contribution in [2.75, 3.05) is 43.1 Å². The van der Waals surface area contributed by atoms with Crippen LogP contribution in [-0.4, -0.2) is 68.8 Å². The Labute approximate surface area is 194 Å². The Morgan fingerprint density at radius 3 is 2.79 bits per heavy atom. The molecule has 3 rings (SSSR count). The molecule has 1 fully saturated rings. The van der Waals surface area contributed by atoms with Crippen LogP contribution in [0.2, 0.25) is 0 Å². The van der Waals surface area contributed by atoms with E-state index < -0.39 is 24.0 Å². The first-order chi connectivity index (χ1) is 16.3. The number of aromatic nitrogens is 1. The third-order valence-corrected chi connectivity index (χ3v) is 5.08. The van der Waals surface area contributed by atoms with Crippen LogP contribution < -0.4 is 31.5 Å². The number of urea groups is 2. The molecule has 0 saturated carbocycles. The fourth-order valence-corrected chi connectivity index (χ4v) is 3.38. The number of hydrogen-bond donors (Lipinski definition) is 5. The van der Waals surface area contributed by atoms with Crippen LogP contribution in [0, 0.1) is 11.2 Å². The molecule has 0 unspecified atom stereocenters. The van der Waals surface area contributed by atoms with E-state index in [1.165, 1.54) is 29.2 Å². The number of ether oxygens (including phenoxy) is 1. The van der Waals surface area contributed by atoms with Crippen molar-refractivity contribution in [2.24, 2.45) is 5.73 Å². The molecule has 12 nitrogen and oxygen atoms in total. The summed E-state index contributed by atoms with van der Waals surface area (Å²) in [6.07, 6.45) is 1.94. The Morgan fingerprint density at radius 1 is 1.38 bits per heavy atom. The Hall–Kier alpha value is -4.42. The first-order valence-corrected chi connectivity index (χ1v) is 10.3. The van der Waals surface area contributed by atoms with Gasteiger partial charge in [-0.3, -0.25) is 10.3 Å². The van der Waals surface area contributed by atoms with E-state index in [0.717, 1.165) is 6.34 Å². The van der Waals surface area contributed by atoms with Crippen molar-refractivity contribution in [1.29, 1.82) is 5.41 Å². The molecule has 6 N–H and O–H groups in total. The zero-order chi connectivity index (χ0) is 24.7. The van der Waals surface area contributed by atoms with Crippen molar-refractivity contribution >= 4 is 36.0 Å². The molecule has 0 radical (unpaired) electrons. The first-order valence-electron chi connectivity index (χ1n) is 10.3. The smallest absolute Gasteiger partial charge is 0.406 e. The minimum atomic E-state index is -0.660. The lowest BCUT2D eigenvalue weighted by atomic mass is 10.1. The van der Waals surface area contributed by atoms with Gasteiger partial charge in [-0.1, -0.05) is 0 Å². The molecular formula is C21H25FN8O4. The molecule has 0 bridgehead atoms. The van der Waals surface area contributed by atoms with Crippen molar-refractivity contribution in [3.63, 3.8) is 0 Å². The molecule has 1 aliphatic rings. The van der Waals surface area contributed by atoms with Crippen LogP contribution in [0.3, 0.4) is 0 Å². The molecule has 1 saturated heterocycles. The summed E-state index contributed by atoms with van der Waals surface area (Å²) in [5.74, 6) is -0.0899. The zero-order valence-electron chi connectivity index (χ0n) is 18.4. The maximum absolute atomic E-state index is 14.9. The highest BCUT2D eigenvalue weighted by molar-refractivity contribution is 5.95. The summed E-state index contributed by atoms with van der Waals surface area (Å²) in [6.45, 7) is 0.949. The number of methoxy groups -OCH3 is 1. The summed E-state index contributed by atoms with van der Waals surface area (Å²) in [5, 5.41) is 15.2. The van der Waals surface area contributed by atoms with Gasteiger partial charge in [-0.2, -0.15) is 0 Å². The van der Waals surface area contributed by atoms with E-state index in [1.54, 1.807) is 24.3 Å². The molecule has 1 aromatic heterocycles. The summed E-state index contributed by atoms with van der Waals surface area (Å²) >= 11 is 0. The highest BCUT2D eigenvalue weighted by atomic mass is 19.1. The van der Waals surface area contributed by atoms with E-state index in [2.05, 4.69) is 25.7 Å². The summed E-state index contributed by atoms with van der Waals surface area (Å²) in [4.78, 5) is 41.5. The lowest BCUT2D eigenvalue weighted by Gasteiger charge is -2.18. The van der Waals surface area contributed by atoms with Crippen molar-refractivity contribution in [3.05, 3.63) is 42.3 Å². The second kappa shape index (κ2) is 10.9. The van der Waals surface area contributed by atoms with Crippen molar-refractivity contribution in [1.82, 2.24) is 20.9 Å². The standard InChI is InChI=1S/C21H25FN8O4/c1-34-21(33)27-10-14-11-30(20(32)28-14)15-3-4-16(17(22)8-15)13-2-5-18(26-9-13)29(12-23)7-6-25-19(24)31/h2-5,8-9,12,14,23H,6-7,10-11H2,1H3,(H,27,33)(H,28,32)(H3,24,25,31)/t14-/m0/s1. The number of nitrogens with zero attached hydrogens (tertiary/aromatic N) is 3. The number of rotatable bonds is 9. The molecule has 5 amide bonds. The highest BCUT2D eigenvalue weighted by Crippen LogP contribution is 2.28.